The number of rotatable bonds is 5. The fraction of sp³-hybridized carbons (Fsp3) is 0.158. The van der Waals surface area contributed by atoms with Crippen molar-refractivity contribution in [1.29, 1.82) is 0 Å². The van der Waals surface area contributed by atoms with Crippen LogP contribution >= 0.6 is 0 Å². The van der Waals surface area contributed by atoms with Gasteiger partial charge in [0.2, 0.25) is 0 Å². The molecular formula is C19H17FN2O2. The Balaban J connectivity index is 1.97. The van der Waals surface area contributed by atoms with Crippen LogP contribution in [0.15, 0.2) is 60.7 Å². The molecule has 5 heteroatoms. The smallest absolute Gasteiger partial charge is 0.356 e. The topological polar surface area (TPSA) is 44.1 Å². The third-order valence-corrected chi connectivity index (χ3v) is 3.58. The lowest BCUT2D eigenvalue weighted by molar-refractivity contribution is 0.0512. The van der Waals surface area contributed by atoms with Gasteiger partial charge in [0.1, 0.15) is 11.5 Å². The zero-order valence-electron chi connectivity index (χ0n) is 13.3. The highest BCUT2D eigenvalue weighted by molar-refractivity contribution is 5.89. The van der Waals surface area contributed by atoms with Crippen molar-refractivity contribution < 1.29 is 13.9 Å². The molecule has 0 spiro atoms. The normalized spacial score (nSPS) is 10.6. The second-order valence-corrected chi connectivity index (χ2v) is 5.29. The first-order valence-electron chi connectivity index (χ1n) is 7.72. The summed E-state index contributed by atoms with van der Waals surface area (Å²) in [5.74, 6) is -0.718. The van der Waals surface area contributed by atoms with Crippen molar-refractivity contribution in [3.8, 4) is 11.3 Å². The molecule has 0 unspecified atom stereocenters. The molecule has 0 aliphatic carbocycles. The predicted octanol–water partition coefficient (Wildman–Crippen LogP) is 3.91. The van der Waals surface area contributed by atoms with Gasteiger partial charge in [-0.1, -0.05) is 42.5 Å². The second kappa shape index (κ2) is 7.08. The third kappa shape index (κ3) is 3.51. The van der Waals surface area contributed by atoms with Crippen LogP contribution in [0.2, 0.25) is 0 Å². The van der Waals surface area contributed by atoms with Crippen molar-refractivity contribution in [1.82, 2.24) is 9.78 Å². The molecule has 2 aromatic carbocycles. The van der Waals surface area contributed by atoms with E-state index >= 15 is 0 Å². The van der Waals surface area contributed by atoms with Crippen molar-refractivity contribution in [3.63, 3.8) is 0 Å². The average molecular weight is 324 g/mol. The molecule has 0 amide bonds. The third-order valence-electron chi connectivity index (χ3n) is 3.58. The van der Waals surface area contributed by atoms with E-state index in [1.807, 2.05) is 30.3 Å². The van der Waals surface area contributed by atoms with E-state index in [-0.39, 0.29) is 5.82 Å². The molecule has 1 aromatic heterocycles. The maximum Gasteiger partial charge on any atom is 0.356 e. The minimum absolute atomic E-state index is 0.293. The molecule has 0 aliphatic rings. The van der Waals surface area contributed by atoms with Gasteiger partial charge in [-0.05, 0) is 30.7 Å². The predicted molar refractivity (Wildman–Crippen MR) is 89.1 cm³/mol. The monoisotopic (exact) mass is 324 g/mol. The van der Waals surface area contributed by atoms with Gasteiger partial charge in [0.15, 0.2) is 0 Å². The highest BCUT2D eigenvalue weighted by Gasteiger charge is 2.17. The number of carbonyl (C=O) groups is 1. The molecule has 0 radical (unpaired) electrons. The number of carbonyl (C=O) groups excluding carboxylic acids is 1. The maximum absolute atomic E-state index is 13.1. The van der Waals surface area contributed by atoms with E-state index in [2.05, 4.69) is 5.10 Å². The standard InChI is InChI=1S/C19H17FN2O2/c1-2-24-19(23)18-12-17(15-6-4-3-5-7-15)21-22(18)13-14-8-10-16(20)11-9-14/h3-12H,2,13H2,1H3. The number of nitrogens with zero attached hydrogens (tertiary/aromatic N) is 2. The van der Waals surface area contributed by atoms with Crippen LogP contribution in [0.25, 0.3) is 11.3 Å². The minimum atomic E-state index is -0.422. The molecular weight excluding hydrogens is 307 g/mol. The van der Waals surface area contributed by atoms with Gasteiger partial charge >= 0.3 is 5.97 Å². The largest absolute Gasteiger partial charge is 0.461 e. The van der Waals surface area contributed by atoms with E-state index in [1.54, 1.807) is 29.8 Å². The van der Waals surface area contributed by atoms with E-state index in [4.69, 9.17) is 4.74 Å². The lowest BCUT2D eigenvalue weighted by Crippen LogP contribution is -2.14. The molecule has 122 valence electrons. The number of halogens is 1. The van der Waals surface area contributed by atoms with E-state index in [9.17, 15) is 9.18 Å². The Kier molecular flexibility index (Phi) is 4.70. The Labute approximate surface area is 139 Å². The molecule has 0 atom stereocenters. The van der Waals surface area contributed by atoms with Crippen molar-refractivity contribution >= 4 is 5.97 Å². The van der Waals surface area contributed by atoms with Crippen LogP contribution in [-0.4, -0.2) is 22.4 Å². The average Bonchev–Trinajstić information content (AvgIpc) is 3.02. The molecule has 0 saturated heterocycles. The Hall–Kier alpha value is -2.95. The first-order valence-corrected chi connectivity index (χ1v) is 7.72. The summed E-state index contributed by atoms with van der Waals surface area (Å²) in [7, 11) is 0. The summed E-state index contributed by atoms with van der Waals surface area (Å²) in [5.41, 5.74) is 2.84. The molecule has 0 fully saturated rings. The number of ether oxygens (including phenoxy) is 1. The van der Waals surface area contributed by atoms with Crippen molar-refractivity contribution in [2.75, 3.05) is 6.61 Å². The summed E-state index contributed by atoms with van der Waals surface area (Å²) in [6, 6.07) is 17.5. The van der Waals surface area contributed by atoms with Gasteiger partial charge in [-0.15, -0.1) is 0 Å². The van der Waals surface area contributed by atoms with Gasteiger partial charge in [-0.2, -0.15) is 5.10 Å². The van der Waals surface area contributed by atoms with Crippen molar-refractivity contribution in [3.05, 3.63) is 77.7 Å². The number of benzene rings is 2. The van der Waals surface area contributed by atoms with Crippen molar-refractivity contribution in [2.45, 2.75) is 13.5 Å². The lowest BCUT2D eigenvalue weighted by atomic mass is 10.1. The highest BCUT2D eigenvalue weighted by atomic mass is 19.1. The molecule has 0 saturated carbocycles. The first kappa shape index (κ1) is 15.9. The van der Waals surface area contributed by atoms with E-state index in [1.165, 1.54) is 12.1 Å². The molecule has 0 bridgehead atoms. The van der Waals surface area contributed by atoms with Crippen LogP contribution in [0.4, 0.5) is 4.39 Å². The van der Waals surface area contributed by atoms with E-state index in [0.717, 1.165) is 11.1 Å². The number of hydrogen-bond donors (Lipinski definition) is 0. The Bertz CT molecular complexity index is 826. The molecule has 3 aromatic rings. The minimum Gasteiger partial charge on any atom is -0.461 e. The fourth-order valence-corrected chi connectivity index (χ4v) is 2.42. The van der Waals surface area contributed by atoms with Crippen LogP contribution in [-0.2, 0) is 11.3 Å². The highest BCUT2D eigenvalue weighted by Crippen LogP contribution is 2.20. The number of aromatic nitrogens is 2. The summed E-state index contributed by atoms with van der Waals surface area (Å²) < 4.78 is 19.8. The number of esters is 1. The lowest BCUT2D eigenvalue weighted by Gasteiger charge is -2.07. The molecule has 0 N–H and O–H groups in total. The van der Waals surface area contributed by atoms with Gasteiger partial charge in [-0.25, -0.2) is 9.18 Å². The van der Waals surface area contributed by atoms with E-state index in [0.29, 0.717) is 24.5 Å². The van der Waals surface area contributed by atoms with Crippen LogP contribution in [0.5, 0.6) is 0 Å². The Morgan fingerprint density at radius 2 is 1.83 bits per heavy atom. The van der Waals surface area contributed by atoms with Crippen molar-refractivity contribution in [2.24, 2.45) is 0 Å². The van der Waals surface area contributed by atoms with E-state index < -0.39 is 5.97 Å². The SMILES string of the molecule is CCOC(=O)c1cc(-c2ccccc2)nn1Cc1ccc(F)cc1. The zero-order valence-corrected chi connectivity index (χ0v) is 13.3. The fourth-order valence-electron chi connectivity index (χ4n) is 2.42. The van der Waals surface area contributed by atoms with Crippen LogP contribution < -0.4 is 0 Å². The van der Waals surface area contributed by atoms with Crippen LogP contribution in [0, 0.1) is 5.82 Å². The van der Waals surface area contributed by atoms with Crippen LogP contribution in [0.1, 0.15) is 23.0 Å². The first-order chi connectivity index (χ1) is 11.7. The van der Waals surface area contributed by atoms with Gasteiger partial charge < -0.3 is 4.74 Å². The summed E-state index contributed by atoms with van der Waals surface area (Å²) >= 11 is 0. The molecule has 24 heavy (non-hydrogen) atoms. The summed E-state index contributed by atoms with van der Waals surface area (Å²) in [6.45, 7) is 2.42. The maximum atomic E-state index is 13.1. The Morgan fingerprint density at radius 1 is 1.12 bits per heavy atom. The molecule has 4 nitrogen and oxygen atoms in total. The molecule has 1 heterocycles. The summed E-state index contributed by atoms with van der Waals surface area (Å²) in [6.07, 6.45) is 0. The number of hydrogen-bond acceptors (Lipinski definition) is 3. The summed E-state index contributed by atoms with van der Waals surface area (Å²) in [4.78, 5) is 12.2. The van der Waals surface area contributed by atoms with Gasteiger partial charge in [-0.3, -0.25) is 4.68 Å². The summed E-state index contributed by atoms with van der Waals surface area (Å²) in [5, 5.41) is 4.52. The molecule has 3 rings (SSSR count). The second-order valence-electron chi connectivity index (χ2n) is 5.29. The molecule has 0 aliphatic heterocycles. The van der Waals surface area contributed by atoms with Crippen LogP contribution in [0.3, 0.4) is 0 Å². The van der Waals surface area contributed by atoms with Gasteiger partial charge in [0.25, 0.3) is 0 Å². The Morgan fingerprint density at radius 3 is 2.50 bits per heavy atom. The zero-order chi connectivity index (χ0) is 16.9. The quantitative estimate of drug-likeness (QED) is 0.668. The van der Waals surface area contributed by atoms with Gasteiger partial charge in [0.05, 0.1) is 18.8 Å². The van der Waals surface area contributed by atoms with Gasteiger partial charge in [0, 0.05) is 5.56 Å².